The molecule has 3 aromatic rings. The topological polar surface area (TPSA) is 43.3 Å². The summed E-state index contributed by atoms with van der Waals surface area (Å²) < 4.78 is 76.8. The van der Waals surface area contributed by atoms with Crippen molar-refractivity contribution in [3.05, 3.63) is 76.2 Å². The second-order valence-corrected chi connectivity index (χ2v) is 7.55. The van der Waals surface area contributed by atoms with E-state index in [2.05, 4.69) is 4.72 Å². The lowest BCUT2D eigenvalue weighted by Crippen LogP contribution is -2.26. The molecular weight excluding hydrogens is 439 g/mol. The molecule has 0 amide bonds. The van der Waals surface area contributed by atoms with Crippen molar-refractivity contribution in [2.75, 3.05) is 10.5 Å². The van der Waals surface area contributed by atoms with Gasteiger partial charge in [0.1, 0.15) is 17.1 Å². The Bertz CT molecular complexity index is 1160. The van der Waals surface area contributed by atoms with Gasteiger partial charge >= 0.3 is 6.18 Å². The SMILES string of the molecule is CCSNc1ccc(Oc2ccc(F)cc2F)c(-c2cc(C(F)(F)F)c(=O)n(C)c2)c1. The molecular formula is C21H17F5N2O2S. The van der Waals surface area contributed by atoms with E-state index in [0.29, 0.717) is 11.8 Å². The van der Waals surface area contributed by atoms with Crippen molar-refractivity contribution in [1.82, 2.24) is 4.57 Å². The number of aromatic nitrogens is 1. The van der Waals surface area contributed by atoms with Gasteiger partial charge < -0.3 is 14.0 Å². The normalized spacial score (nSPS) is 11.5. The fraction of sp³-hybridized carbons (Fsp3) is 0.190. The molecule has 0 spiro atoms. The molecule has 164 valence electrons. The zero-order valence-corrected chi connectivity index (χ0v) is 17.2. The molecule has 0 aliphatic carbocycles. The van der Waals surface area contributed by atoms with E-state index in [1.807, 2.05) is 6.92 Å². The van der Waals surface area contributed by atoms with Crippen LogP contribution in [0.3, 0.4) is 0 Å². The van der Waals surface area contributed by atoms with Gasteiger partial charge in [-0.3, -0.25) is 4.79 Å². The van der Waals surface area contributed by atoms with Crippen LogP contribution in [0.1, 0.15) is 12.5 Å². The van der Waals surface area contributed by atoms with E-state index in [9.17, 15) is 26.7 Å². The molecule has 0 bridgehead atoms. The monoisotopic (exact) mass is 456 g/mol. The number of rotatable bonds is 6. The molecule has 4 nitrogen and oxygen atoms in total. The van der Waals surface area contributed by atoms with Crippen molar-refractivity contribution in [3.8, 4) is 22.6 Å². The minimum absolute atomic E-state index is 0.0318. The minimum Gasteiger partial charge on any atom is -0.454 e. The minimum atomic E-state index is -4.86. The maximum atomic E-state index is 14.1. The highest BCUT2D eigenvalue weighted by Crippen LogP contribution is 2.38. The summed E-state index contributed by atoms with van der Waals surface area (Å²) >= 11 is 1.36. The van der Waals surface area contributed by atoms with Crippen LogP contribution >= 0.6 is 11.9 Å². The second-order valence-electron chi connectivity index (χ2n) is 6.48. The third-order valence-electron chi connectivity index (χ3n) is 4.23. The number of halogens is 5. The summed E-state index contributed by atoms with van der Waals surface area (Å²) in [6.07, 6.45) is -3.62. The van der Waals surface area contributed by atoms with Gasteiger partial charge in [0.05, 0.1) is 0 Å². The average Bonchev–Trinajstić information content (AvgIpc) is 2.70. The molecule has 10 heteroatoms. The summed E-state index contributed by atoms with van der Waals surface area (Å²) in [6, 6.07) is 8.03. The number of benzene rings is 2. The molecule has 0 aliphatic heterocycles. The Morgan fingerprint density at radius 3 is 2.42 bits per heavy atom. The Morgan fingerprint density at radius 2 is 1.77 bits per heavy atom. The van der Waals surface area contributed by atoms with Gasteiger partial charge in [-0.1, -0.05) is 18.9 Å². The van der Waals surface area contributed by atoms with E-state index in [4.69, 9.17) is 4.74 Å². The number of hydrogen-bond acceptors (Lipinski definition) is 4. The number of aryl methyl sites for hydroxylation is 1. The van der Waals surface area contributed by atoms with Crippen molar-refractivity contribution in [1.29, 1.82) is 0 Å². The molecule has 3 rings (SSSR count). The molecule has 0 atom stereocenters. The van der Waals surface area contributed by atoms with Gasteiger partial charge in [0.15, 0.2) is 11.6 Å². The number of alkyl halides is 3. The smallest absolute Gasteiger partial charge is 0.421 e. The molecule has 2 aromatic carbocycles. The van der Waals surface area contributed by atoms with Gasteiger partial charge in [0.2, 0.25) is 0 Å². The molecule has 31 heavy (non-hydrogen) atoms. The third kappa shape index (κ3) is 5.19. The van der Waals surface area contributed by atoms with Crippen LogP contribution in [0, 0.1) is 11.6 Å². The summed E-state index contributed by atoms with van der Waals surface area (Å²) in [6.45, 7) is 1.91. The number of anilines is 1. The van der Waals surface area contributed by atoms with E-state index in [1.54, 1.807) is 6.07 Å². The molecule has 1 N–H and O–H groups in total. The first-order chi connectivity index (χ1) is 14.6. The fourth-order valence-corrected chi connectivity index (χ4v) is 3.24. The van der Waals surface area contributed by atoms with E-state index < -0.39 is 28.9 Å². The van der Waals surface area contributed by atoms with Crippen LogP contribution in [0.25, 0.3) is 11.1 Å². The van der Waals surface area contributed by atoms with E-state index in [-0.39, 0.29) is 22.6 Å². The van der Waals surface area contributed by atoms with Crippen LogP contribution in [0.2, 0.25) is 0 Å². The summed E-state index contributed by atoms with van der Waals surface area (Å²) in [5.74, 6) is -1.30. The van der Waals surface area contributed by atoms with Crippen LogP contribution in [0.5, 0.6) is 11.5 Å². The van der Waals surface area contributed by atoms with Gasteiger partial charge in [0, 0.05) is 41.9 Å². The summed E-state index contributed by atoms with van der Waals surface area (Å²) in [5.41, 5.74) is -1.74. The quantitative estimate of drug-likeness (QED) is 0.353. The van der Waals surface area contributed by atoms with E-state index >= 15 is 0 Å². The van der Waals surface area contributed by atoms with Gasteiger partial charge in [0.25, 0.3) is 5.56 Å². The van der Waals surface area contributed by atoms with Crippen molar-refractivity contribution < 1.29 is 26.7 Å². The first-order valence-corrected chi connectivity index (χ1v) is 10.0. The number of nitrogens with one attached hydrogen (secondary N) is 1. The van der Waals surface area contributed by atoms with Gasteiger partial charge in [-0.15, -0.1) is 0 Å². The highest BCUT2D eigenvalue weighted by Gasteiger charge is 2.35. The largest absolute Gasteiger partial charge is 0.454 e. The van der Waals surface area contributed by atoms with Crippen LogP contribution in [-0.2, 0) is 13.2 Å². The van der Waals surface area contributed by atoms with Crippen LogP contribution < -0.4 is 15.0 Å². The van der Waals surface area contributed by atoms with Crippen molar-refractivity contribution in [2.24, 2.45) is 7.05 Å². The standard InChI is InChI=1S/C21H17F5N2O2S/c1-3-31-27-14-5-7-18(30-19-6-4-13(22)9-17(19)23)15(10-14)12-8-16(21(24,25)26)20(29)28(2)11-12/h4-11,27H,3H2,1-2H3. The highest BCUT2D eigenvalue weighted by atomic mass is 32.2. The fourth-order valence-electron chi connectivity index (χ4n) is 2.80. The second kappa shape index (κ2) is 9.01. The van der Waals surface area contributed by atoms with Gasteiger partial charge in [-0.2, -0.15) is 13.2 Å². The Hall–Kier alpha value is -3.01. The lowest BCUT2D eigenvalue weighted by molar-refractivity contribution is -0.138. The lowest BCUT2D eigenvalue weighted by atomic mass is 10.0. The molecule has 1 heterocycles. The lowest BCUT2D eigenvalue weighted by Gasteiger charge is -2.16. The third-order valence-corrected chi connectivity index (χ3v) is 4.90. The van der Waals surface area contributed by atoms with E-state index in [0.717, 1.165) is 28.5 Å². The first-order valence-electron chi connectivity index (χ1n) is 9.03. The molecule has 0 aliphatic rings. The summed E-state index contributed by atoms with van der Waals surface area (Å²) in [5, 5.41) is 0. The maximum Gasteiger partial charge on any atom is 0.421 e. The Morgan fingerprint density at radius 1 is 1.06 bits per heavy atom. The average molecular weight is 456 g/mol. The van der Waals surface area contributed by atoms with Crippen molar-refractivity contribution in [3.63, 3.8) is 0 Å². The van der Waals surface area contributed by atoms with Crippen molar-refractivity contribution in [2.45, 2.75) is 13.1 Å². The van der Waals surface area contributed by atoms with Crippen LogP contribution in [0.15, 0.2) is 53.5 Å². The number of nitrogens with zero attached hydrogens (tertiary/aromatic N) is 1. The summed E-state index contributed by atoms with van der Waals surface area (Å²) in [4.78, 5) is 12.0. The molecule has 0 radical (unpaired) electrons. The number of ether oxygens (including phenoxy) is 1. The Balaban J connectivity index is 2.17. The Kier molecular flexibility index (Phi) is 6.59. The summed E-state index contributed by atoms with van der Waals surface area (Å²) in [7, 11) is 1.20. The van der Waals surface area contributed by atoms with Crippen molar-refractivity contribution >= 4 is 17.6 Å². The molecule has 0 unspecified atom stereocenters. The maximum absolute atomic E-state index is 14.1. The highest BCUT2D eigenvalue weighted by molar-refractivity contribution is 8.00. The first kappa shape index (κ1) is 22.7. The van der Waals surface area contributed by atoms with Crippen LogP contribution in [-0.4, -0.2) is 10.3 Å². The van der Waals surface area contributed by atoms with Gasteiger partial charge in [-0.05, 0) is 36.4 Å². The molecule has 1 aromatic heterocycles. The van der Waals surface area contributed by atoms with Crippen LogP contribution in [0.4, 0.5) is 27.6 Å². The number of pyridine rings is 1. The Labute approximate surface area is 178 Å². The molecule has 0 fully saturated rings. The zero-order chi connectivity index (χ0) is 22.8. The predicted octanol–water partition coefficient (Wildman–Crippen LogP) is 6.22. The predicted molar refractivity (Wildman–Crippen MR) is 110 cm³/mol. The molecule has 0 saturated carbocycles. The number of hydrogen-bond donors (Lipinski definition) is 1. The van der Waals surface area contributed by atoms with E-state index in [1.165, 1.54) is 37.3 Å². The zero-order valence-electron chi connectivity index (χ0n) is 16.4. The molecule has 0 saturated heterocycles. The van der Waals surface area contributed by atoms with Gasteiger partial charge in [-0.25, -0.2) is 8.78 Å².